The van der Waals surface area contributed by atoms with E-state index in [0.29, 0.717) is 22.7 Å². The Bertz CT molecular complexity index is 522. The Morgan fingerprint density at radius 1 is 1.04 bits per heavy atom. The van der Waals surface area contributed by atoms with Gasteiger partial charge < -0.3 is 10.2 Å². The van der Waals surface area contributed by atoms with Crippen LogP contribution in [-0.4, -0.2) is 22.4 Å². The van der Waals surface area contributed by atoms with Crippen molar-refractivity contribution in [1.82, 2.24) is 0 Å². The van der Waals surface area contributed by atoms with Crippen molar-refractivity contribution >= 4 is 0 Å². The molecule has 23 heavy (non-hydrogen) atoms. The zero-order chi connectivity index (χ0) is 16.4. The van der Waals surface area contributed by atoms with Crippen molar-refractivity contribution in [3.8, 4) is 0 Å². The van der Waals surface area contributed by atoms with E-state index in [-0.39, 0.29) is 12.2 Å². The lowest BCUT2D eigenvalue weighted by molar-refractivity contribution is 0.00367. The number of rotatable bonds is 1. The molecule has 2 heteroatoms. The topological polar surface area (TPSA) is 40.5 Å². The van der Waals surface area contributed by atoms with Gasteiger partial charge in [0.2, 0.25) is 0 Å². The van der Waals surface area contributed by atoms with Crippen LogP contribution in [0.2, 0.25) is 0 Å². The second-order valence-corrected chi connectivity index (χ2v) is 9.57. The average Bonchev–Trinajstić information content (AvgIpc) is 2.85. The summed E-state index contributed by atoms with van der Waals surface area (Å²) in [5.41, 5.74) is 4.26. The lowest BCUT2D eigenvalue weighted by atomic mass is 9.51. The molecule has 4 unspecified atom stereocenters. The van der Waals surface area contributed by atoms with E-state index < -0.39 is 0 Å². The van der Waals surface area contributed by atoms with E-state index in [1.165, 1.54) is 44.9 Å². The number of allylic oxidation sites excluding steroid dienone is 2. The summed E-state index contributed by atoms with van der Waals surface area (Å²) in [6.45, 7) is 6.97. The molecular formula is C21H34O2. The standard InChI is InChI=1S/C21H34O2/c1-13(22)17-6-7-18-16-5-4-14-12-15(23)8-10-20(14,2)19(16)9-11-21(17,18)3/h13-15,17-18,22-23H,4-12H2,1-3H3/t13-,14+,15+,17?,18?,20?,21?/m0/s1. The Morgan fingerprint density at radius 2 is 1.83 bits per heavy atom. The van der Waals surface area contributed by atoms with Crippen molar-refractivity contribution in [3.63, 3.8) is 0 Å². The fraction of sp³-hybridized carbons (Fsp3) is 0.905. The molecule has 0 amide bonds. The predicted octanol–water partition coefficient (Wildman–Crippen LogP) is 4.45. The maximum atomic E-state index is 10.3. The third-order valence-corrected chi connectivity index (χ3v) is 8.62. The monoisotopic (exact) mass is 318 g/mol. The first kappa shape index (κ1) is 16.1. The smallest absolute Gasteiger partial charge is 0.0545 e. The summed E-state index contributed by atoms with van der Waals surface area (Å²) in [7, 11) is 0. The molecule has 0 aromatic heterocycles. The van der Waals surface area contributed by atoms with Crippen molar-refractivity contribution in [1.29, 1.82) is 0 Å². The molecule has 2 nitrogen and oxygen atoms in total. The molecule has 0 aromatic carbocycles. The first-order valence-electron chi connectivity index (χ1n) is 9.95. The number of aliphatic hydroxyl groups is 2. The first-order chi connectivity index (χ1) is 10.9. The molecule has 0 aliphatic heterocycles. The van der Waals surface area contributed by atoms with Crippen LogP contribution in [0.5, 0.6) is 0 Å². The molecule has 0 radical (unpaired) electrons. The molecule has 130 valence electrons. The summed E-state index contributed by atoms with van der Waals surface area (Å²) >= 11 is 0. The highest BCUT2D eigenvalue weighted by atomic mass is 16.3. The quantitative estimate of drug-likeness (QED) is 0.701. The molecule has 4 aliphatic rings. The zero-order valence-electron chi connectivity index (χ0n) is 15.1. The second kappa shape index (κ2) is 5.33. The van der Waals surface area contributed by atoms with Gasteiger partial charge in [-0.25, -0.2) is 0 Å². The van der Waals surface area contributed by atoms with Crippen LogP contribution in [0.15, 0.2) is 11.1 Å². The van der Waals surface area contributed by atoms with Gasteiger partial charge in [0.25, 0.3) is 0 Å². The predicted molar refractivity (Wildman–Crippen MR) is 93.0 cm³/mol. The van der Waals surface area contributed by atoms with Crippen LogP contribution < -0.4 is 0 Å². The Labute approximate surface area is 141 Å². The summed E-state index contributed by atoms with van der Waals surface area (Å²) in [5, 5.41) is 20.4. The van der Waals surface area contributed by atoms with E-state index in [2.05, 4.69) is 13.8 Å². The summed E-state index contributed by atoms with van der Waals surface area (Å²) in [6, 6.07) is 0. The van der Waals surface area contributed by atoms with Crippen molar-refractivity contribution < 1.29 is 10.2 Å². The molecule has 0 spiro atoms. The largest absolute Gasteiger partial charge is 0.393 e. The van der Waals surface area contributed by atoms with Crippen molar-refractivity contribution in [2.75, 3.05) is 0 Å². The first-order valence-corrected chi connectivity index (χ1v) is 9.95. The highest BCUT2D eigenvalue weighted by Gasteiger charge is 2.55. The van der Waals surface area contributed by atoms with Crippen LogP contribution >= 0.6 is 0 Å². The van der Waals surface area contributed by atoms with Crippen LogP contribution in [0.4, 0.5) is 0 Å². The zero-order valence-corrected chi connectivity index (χ0v) is 15.1. The van der Waals surface area contributed by atoms with E-state index in [4.69, 9.17) is 0 Å². The molecule has 0 saturated heterocycles. The van der Waals surface area contributed by atoms with Gasteiger partial charge in [-0.1, -0.05) is 25.0 Å². The van der Waals surface area contributed by atoms with Gasteiger partial charge >= 0.3 is 0 Å². The number of hydrogen-bond donors (Lipinski definition) is 2. The molecule has 4 aliphatic carbocycles. The molecular weight excluding hydrogens is 284 g/mol. The molecule has 4 rings (SSSR count). The minimum absolute atomic E-state index is 0.0600. The third-order valence-electron chi connectivity index (χ3n) is 8.62. The number of fused-ring (bicyclic) bond motifs is 4. The van der Waals surface area contributed by atoms with Crippen molar-refractivity contribution in [3.05, 3.63) is 11.1 Å². The Hall–Kier alpha value is -0.340. The highest BCUT2D eigenvalue weighted by Crippen LogP contribution is 2.65. The van der Waals surface area contributed by atoms with Crippen LogP contribution in [0.1, 0.15) is 78.6 Å². The fourth-order valence-corrected chi connectivity index (χ4v) is 7.27. The molecule has 7 atom stereocenters. The summed E-state index contributed by atoms with van der Waals surface area (Å²) in [5.74, 6) is 1.90. The van der Waals surface area contributed by atoms with Gasteiger partial charge in [0.1, 0.15) is 0 Å². The normalized spacial score (nSPS) is 51.0. The summed E-state index contributed by atoms with van der Waals surface area (Å²) in [6.07, 6.45) is 10.5. The SMILES string of the molecule is C[C@H](O)C1CCC2C3=C(CCC21C)C1(C)CC[C@@H](O)C[C@H]1CC3. The van der Waals surface area contributed by atoms with Crippen LogP contribution in [0.25, 0.3) is 0 Å². The van der Waals surface area contributed by atoms with Crippen LogP contribution in [0.3, 0.4) is 0 Å². The molecule has 0 bridgehead atoms. The Morgan fingerprint density at radius 3 is 2.57 bits per heavy atom. The van der Waals surface area contributed by atoms with Gasteiger partial charge in [-0.15, -0.1) is 0 Å². The minimum Gasteiger partial charge on any atom is -0.393 e. The average molecular weight is 319 g/mol. The maximum absolute atomic E-state index is 10.3. The Kier molecular flexibility index (Phi) is 3.74. The molecule has 0 heterocycles. The fourth-order valence-electron chi connectivity index (χ4n) is 7.27. The summed E-state index contributed by atoms with van der Waals surface area (Å²) in [4.78, 5) is 0. The van der Waals surface area contributed by atoms with Crippen LogP contribution in [0, 0.1) is 28.6 Å². The van der Waals surface area contributed by atoms with Gasteiger partial charge in [-0.05, 0) is 93.3 Å². The maximum Gasteiger partial charge on any atom is 0.0545 e. The molecule has 2 fully saturated rings. The molecule has 0 aromatic rings. The minimum atomic E-state index is -0.163. The van der Waals surface area contributed by atoms with E-state index in [1.807, 2.05) is 6.92 Å². The lowest BCUT2D eigenvalue weighted by Crippen LogP contribution is -2.46. The van der Waals surface area contributed by atoms with Crippen molar-refractivity contribution in [2.45, 2.75) is 90.8 Å². The van der Waals surface area contributed by atoms with Gasteiger partial charge in [-0.2, -0.15) is 0 Å². The van der Waals surface area contributed by atoms with E-state index in [9.17, 15) is 10.2 Å². The van der Waals surface area contributed by atoms with Gasteiger partial charge in [0.15, 0.2) is 0 Å². The Balaban J connectivity index is 1.70. The van der Waals surface area contributed by atoms with Gasteiger partial charge in [0.05, 0.1) is 12.2 Å². The van der Waals surface area contributed by atoms with E-state index >= 15 is 0 Å². The molecule has 2 saturated carbocycles. The number of hydrogen-bond acceptors (Lipinski definition) is 2. The highest BCUT2D eigenvalue weighted by molar-refractivity contribution is 5.34. The van der Waals surface area contributed by atoms with E-state index in [0.717, 1.165) is 18.8 Å². The van der Waals surface area contributed by atoms with E-state index in [1.54, 1.807) is 11.1 Å². The van der Waals surface area contributed by atoms with Crippen molar-refractivity contribution in [2.24, 2.45) is 28.6 Å². The van der Waals surface area contributed by atoms with Gasteiger partial charge in [0, 0.05) is 0 Å². The van der Waals surface area contributed by atoms with Crippen LogP contribution in [-0.2, 0) is 0 Å². The summed E-state index contributed by atoms with van der Waals surface area (Å²) < 4.78 is 0. The second-order valence-electron chi connectivity index (χ2n) is 9.57. The van der Waals surface area contributed by atoms with Gasteiger partial charge in [-0.3, -0.25) is 0 Å². The molecule has 2 N–H and O–H groups in total. The third kappa shape index (κ3) is 2.20. The lowest BCUT2D eigenvalue weighted by Gasteiger charge is -2.55. The number of aliphatic hydroxyl groups excluding tert-OH is 2.